The normalized spacial score (nSPS) is 40.4. The van der Waals surface area contributed by atoms with Crippen LogP contribution in [0.25, 0.3) is 0 Å². The van der Waals surface area contributed by atoms with Crippen LogP contribution in [0.2, 0.25) is 0 Å². The van der Waals surface area contributed by atoms with Crippen LogP contribution >= 0.6 is 0 Å². The molecule has 4 atom stereocenters. The van der Waals surface area contributed by atoms with Crippen molar-refractivity contribution < 1.29 is 0 Å². The van der Waals surface area contributed by atoms with E-state index in [1.807, 2.05) is 0 Å². The smallest absolute Gasteiger partial charge is 0.0244 e. The van der Waals surface area contributed by atoms with Crippen LogP contribution in [0.1, 0.15) is 52.4 Å². The lowest BCUT2D eigenvalue weighted by atomic mass is 9.81. The van der Waals surface area contributed by atoms with Crippen molar-refractivity contribution in [1.29, 1.82) is 0 Å². The maximum absolute atomic E-state index is 5.97. The molecule has 1 saturated heterocycles. The van der Waals surface area contributed by atoms with E-state index in [1.54, 1.807) is 0 Å². The Labute approximate surface area is 107 Å². The highest BCUT2D eigenvalue weighted by Crippen LogP contribution is 2.31. The molecule has 0 bridgehead atoms. The number of nitrogens with two attached hydrogens (primary N) is 1. The van der Waals surface area contributed by atoms with Gasteiger partial charge in [0.1, 0.15) is 0 Å². The summed E-state index contributed by atoms with van der Waals surface area (Å²) in [7, 11) is 0. The average molecular weight is 238 g/mol. The number of rotatable bonds is 3. The van der Waals surface area contributed by atoms with Crippen LogP contribution in [0.15, 0.2) is 0 Å². The monoisotopic (exact) mass is 238 g/mol. The summed E-state index contributed by atoms with van der Waals surface area (Å²) in [4.78, 5) is 2.71. The van der Waals surface area contributed by atoms with Crippen LogP contribution in [0.4, 0.5) is 0 Å². The van der Waals surface area contributed by atoms with E-state index in [9.17, 15) is 0 Å². The van der Waals surface area contributed by atoms with Gasteiger partial charge in [-0.1, -0.05) is 26.7 Å². The molecule has 17 heavy (non-hydrogen) atoms. The van der Waals surface area contributed by atoms with Gasteiger partial charge in [0.2, 0.25) is 0 Å². The second-order valence-corrected chi connectivity index (χ2v) is 6.56. The summed E-state index contributed by atoms with van der Waals surface area (Å²) >= 11 is 0. The highest BCUT2D eigenvalue weighted by Gasteiger charge is 2.30. The molecule has 0 spiro atoms. The fourth-order valence-electron chi connectivity index (χ4n) is 4.00. The van der Waals surface area contributed by atoms with Crippen molar-refractivity contribution in [2.45, 2.75) is 58.4 Å². The van der Waals surface area contributed by atoms with Gasteiger partial charge in [0, 0.05) is 19.1 Å². The summed E-state index contributed by atoms with van der Waals surface area (Å²) in [6, 6.07) is 0.654. The molecule has 0 aromatic heterocycles. The summed E-state index contributed by atoms with van der Waals surface area (Å²) < 4.78 is 0. The van der Waals surface area contributed by atoms with E-state index >= 15 is 0 Å². The maximum Gasteiger partial charge on any atom is 0.0244 e. The van der Waals surface area contributed by atoms with Crippen LogP contribution in [-0.4, -0.2) is 30.6 Å². The Balaban J connectivity index is 1.87. The van der Waals surface area contributed by atoms with E-state index in [0.29, 0.717) is 6.04 Å². The van der Waals surface area contributed by atoms with Crippen LogP contribution in [0.3, 0.4) is 0 Å². The van der Waals surface area contributed by atoms with Crippen molar-refractivity contribution in [2.24, 2.45) is 23.5 Å². The second kappa shape index (κ2) is 6.19. The van der Waals surface area contributed by atoms with Crippen LogP contribution in [0, 0.1) is 17.8 Å². The van der Waals surface area contributed by atoms with Crippen LogP contribution in [0.5, 0.6) is 0 Å². The third-order valence-electron chi connectivity index (χ3n) is 5.01. The Bertz CT molecular complexity index is 229. The minimum absolute atomic E-state index is 0.654. The van der Waals surface area contributed by atoms with Crippen molar-refractivity contribution in [3.63, 3.8) is 0 Å². The van der Waals surface area contributed by atoms with E-state index in [2.05, 4.69) is 18.7 Å². The summed E-state index contributed by atoms with van der Waals surface area (Å²) in [5.41, 5.74) is 5.97. The molecule has 1 aliphatic heterocycles. The molecule has 2 heteroatoms. The quantitative estimate of drug-likeness (QED) is 0.819. The van der Waals surface area contributed by atoms with Crippen LogP contribution in [-0.2, 0) is 0 Å². The predicted octanol–water partition coefficient (Wildman–Crippen LogP) is 2.87. The molecule has 2 fully saturated rings. The Kier molecular flexibility index (Phi) is 4.87. The van der Waals surface area contributed by atoms with Crippen molar-refractivity contribution >= 4 is 0 Å². The van der Waals surface area contributed by atoms with Gasteiger partial charge in [-0.15, -0.1) is 0 Å². The zero-order valence-electron chi connectivity index (χ0n) is 11.7. The first-order valence-electron chi connectivity index (χ1n) is 7.64. The minimum atomic E-state index is 0.654. The van der Waals surface area contributed by atoms with E-state index < -0.39 is 0 Å². The molecule has 0 aromatic carbocycles. The standard InChI is InChI=1S/C15H30N2/c1-12-5-3-7-14(9-12)11-17-8-4-6-13(2)15(17)10-16/h12-15H,3-11,16H2,1-2H3. The lowest BCUT2D eigenvalue weighted by Gasteiger charge is -2.42. The molecule has 100 valence electrons. The lowest BCUT2D eigenvalue weighted by Crippen LogP contribution is -2.50. The third-order valence-corrected chi connectivity index (χ3v) is 5.01. The largest absolute Gasteiger partial charge is 0.329 e. The summed E-state index contributed by atoms with van der Waals surface area (Å²) in [5, 5.41) is 0. The van der Waals surface area contributed by atoms with Gasteiger partial charge in [-0.2, -0.15) is 0 Å². The van der Waals surface area contributed by atoms with Crippen molar-refractivity contribution in [3.8, 4) is 0 Å². The first kappa shape index (κ1) is 13.4. The Hall–Kier alpha value is -0.0800. The number of piperidine rings is 1. The van der Waals surface area contributed by atoms with Gasteiger partial charge in [-0.05, 0) is 50.0 Å². The van der Waals surface area contributed by atoms with Crippen molar-refractivity contribution in [1.82, 2.24) is 4.90 Å². The molecule has 2 N–H and O–H groups in total. The second-order valence-electron chi connectivity index (χ2n) is 6.56. The summed E-state index contributed by atoms with van der Waals surface area (Å²) in [5.74, 6) is 2.69. The maximum atomic E-state index is 5.97. The van der Waals surface area contributed by atoms with Gasteiger partial charge in [0.25, 0.3) is 0 Å². The lowest BCUT2D eigenvalue weighted by molar-refractivity contribution is 0.0753. The molecule has 2 nitrogen and oxygen atoms in total. The topological polar surface area (TPSA) is 29.3 Å². The molecule has 4 unspecified atom stereocenters. The molecule has 1 saturated carbocycles. The highest BCUT2D eigenvalue weighted by molar-refractivity contribution is 4.85. The molecule has 0 radical (unpaired) electrons. The van der Waals surface area contributed by atoms with Crippen LogP contribution < -0.4 is 5.73 Å². The van der Waals surface area contributed by atoms with E-state index in [-0.39, 0.29) is 0 Å². The van der Waals surface area contributed by atoms with Crippen molar-refractivity contribution in [3.05, 3.63) is 0 Å². The number of hydrogen-bond donors (Lipinski definition) is 1. The Morgan fingerprint density at radius 2 is 1.94 bits per heavy atom. The zero-order chi connectivity index (χ0) is 12.3. The summed E-state index contributed by atoms with van der Waals surface area (Å²) in [6.45, 7) is 8.26. The predicted molar refractivity (Wildman–Crippen MR) is 73.9 cm³/mol. The van der Waals surface area contributed by atoms with Gasteiger partial charge in [-0.3, -0.25) is 4.90 Å². The first-order chi connectivity index (χ1) is 8.20. The minimum Gasteiger partial charge on any atom is -0.329 e. The van der Waals surface area contributed by atoms with E-state index in [1.165, 1.54) is 51.6 Å². The van der Waals surface area contributed by atoms with E-state index in [4.69, 9.17) is 5.73 Å². The van der Waals surface area contributed by atoms with Gasteiger partial charge >= 0.3 is 0 Å². The molecule has 1 aliphatic carbocycles. The SMILES string of the molecule is CC1CCCC(CN2CCCC(C)C2CN)C1. The van der Waals surface area contributed by atoms with Gasteiger partial charge in [0.15, 0.2) is 0 Å². The molecular weight excluding hydrogens is 208 g/mol. The van der Waals surface area contributed by atoms with Gasteiger partial charge in [-0.25, -0.2) is 0 Å². The zero-order valence-corrected chi connectivity index (χ0v) is 11.7. The average Bonchev–Trinajstić information content (AvgIpc) is 2.29. The molecular formula is C15H30N2. The number of likely N-dealkylation sites (tertiary alicyclic amines) is 1. The number of hydrogen-bond acceptors (Lipinski definition) is 2. The summed E-state index contributed by atoms with van der Waals surface area (Å²) in [6.07, 6.45) is 8.55. The number of nitrogens with zero attached hydrogens (tertiary/aromatic N) is 1. The fraction of sp³-hybridized carbons (Fsp3) is 1.00. The molecule has 1 heterocycles. The third kappa shape index (κ3) is 3.45. The molecule has 0 aromatic rings. The van der Waals surface area contributed by atoms with Gasteiger partial charge < -0.3 is 5.73 Å². The molecule has 2 aliphatic rings. The van der Waals surface area contributed by atoms with E-state index in [0.717, 1.165) is 24.3 Å². The van der Waals surface area contributed by atoms with Gasteiger partial charge in [0.05, 0.1) is 0 Å². The van der Waals surface area contributed by atoms with Crippen molar-refractivity contribution in [2.75, 3.05) is 19.6 Å². The Morgan fingerprint density at radius 3 is 2.65 bits per heavy atom. The Morgan fingerprint density at radius 1 is 1.12 bits per heavy atom. The molecule has 2 rings (SSSR count). The molecule has 0 amide bonds. The first-order valence-corrected chi connectivity index (χ1v) is 7.64. The highest BCUT2D eigenvalue weighted by atomic mass is 15.2. The fourth-order valence-corrected chi connectivity index (χ4v) is 4.00.